The second-order valence-electron chi connectivity index (χ2n) is 6.68. The minimum atomic E-state index is -0.593. The lowest BCUT2D eigenvalue weighted by atomic mass is 10.1. The first-order chi connectivity index (χ1) is 14.9. The molecule has 4 nitrogen and oxygen atoms in total. The van der Waals surface area contributed by atoms with E-state index >= 15 is 0 Å². The van der Waals surface area contributed by atoms with Crippen molar-refractivity contribution in [2.24, 2.45) is 0 Å². The van der Waals surface area contributed by atoms with Gasteiger partial charge in [0.25, 0.3) is 5.91 Å². The molecule has 0 saturated heterocycles. The van der Waals surface area contributed by atoms with Crippen molar-refractivity contribution in [1.29, 1.82) is 5.26 Å². The number of carbonyl (C=O) groups is 1. The molecule has 0 radical (unpaired) electrons. The van der Waals surface area contributed by atoms with E-state index in [9.17, 15) is 14.4 Å². The van der Waals surface area contributed by atoms with Gasteiger partial charge in [-0.05, 0) is 48.9 Å². The van der Waals surface area contributed by atoms with E-state index in [0.717, 1.165) is 5.56 Å². The molecule has 31 heavy (non-hydrogen) atoms. The van der Waals surface area contributed by atoms with Crippen molar-refractivity contribution < 1.29 is 13.9 Å². The third kappa shape index (κ3) is 5.85. The number of ether oxygens (including phenoxy) is 1. The number of carbonyl (C=O) groups excluding carboxylic acids is 1. The third-order valence-corrected chi connectivity index (χ3v) is 4.81. The van der Waals surface area contributed by atoms with Crippen molar-refractivity contribution in [2.75, 3.05) is 5.32 Å². The first-order valence-electron chi connectivity index (χ1n) is 9.22. The number of amides is 1. The maximum absolute atomic E-state index is 13.9. The van der Waals surface area contributed by atoms with Gasteiger partial charge in [0.1, 0.15) is 29.8 Å². The summed E-state index contributed by atoms with van der Waals surface area (Å²) >= 11 is 12.4. The molecule has 0 spiro atoms. The number of nitrogens with one attached hydrogen (secondary N) is 1. The topological polar surface area (TPSA) is 62.1 Å². The number of hydrogen-bond acceptors (Lipinski definition) is 3. The fourth-order valence-electron chi connectivity index (χ4n) is 2.83. The maximum atomic E-state index is 13.9. The van der Waals surface area contributed by atoms with Gasteiger partial charge in [0.2, 0.25) is 0 Å². The Morgan fingerprint density at radius 1 is 1.16 bits per heavy atom. The summed E-state index contributed by atoms with van der Waals surface area (Å²) in [5.41, 5.74) is 2.01. The van der Waals surface area contributed by atoms with E-state index in [1.54, 1.807) is 36.4 Å². The van der Waals surface area contributed by atoms with Crippen molar-refractivity contribution in [1.82, 2.24) is 0 Å². The molecule has 0 heterocycles. The zero-order chi connectivity index (χ0) is 22.4. The van der Waals surface area contributed by atoms with Crippen molar-refractivity contribution in [3.8, 4) is 11.8 Å². The quantitative estimate of drug-likeness (QED) is 0.338. The highest BCUT2D eigenvalue weighted by Gasteiger charge is 2.15. The molecule has 0 unspecified atom stereocenters. The summed E-state index contributed by atoms with van der Waals surface area (Å²) in [7, 11) is 0. The molecule has 0 bridgehead atoms. The van der Waals surface area contributed by atoms with E-state index < -0.39 is 11.7 Å². The number of halogens is 3. The van der Waals surface area contributed by atoms with Crippen LogP contribution in [0, 0.1) is 24.1 Å². The average molecular weight is 455 g/mol. The maximum Gasteiger partial charge on any atom is 0.266 e. The SMILES string of the molecule is Cc1cccc(NC(=O)/C(C#N)=C/c2cc(Cl)cc(Cl)c2OCc2ccccc2F)c1. The fourth-order valence-corrected chi connectivity index (χ4v) is 3.39. The molecular weight excluding hydrogens is 438 g/mol. The largest absolute Gasteiger partial charge is 0.487 e. The van der Waals surface area contributed by atoms with E-state index in [-0.39, 0.29) is 23.0 Å². The Bertz CT molecular complexity index is 1200. The minimum Gasteiger partial charge on any atom is -0.487 e. The zero-order valence-corrected chi connectivity index (χ0v) is 18.0. The third-order valence-electron chi connectivity index (χ3n) is 4.31. The van der Waals surface area contributed by atoms with Gasteiger partial charge >= 0.3 is 0 Å². The molecule has 156 valence electrons. The number of anilines is 1. The first-order valence-corrected chi connectivity index (χ1v) is 9.98. The molecule has 3 aromatic carbocycles. The molecule has 0 aliphatic carbocycles. The van der Waals surface area contributed by atoms with Crippen LogP contribution in [0.2, 0.25) is 10.0 Å². The van der Waals surface area contributed by atoms with Crippen molar-refractivity contribution in [2.45, 2.75) is 13.5 Å². The summed E-state index contributed by atoms with van der Waals surface area (Å²) in [6.07, 6.45) is 1.33. The smallest absolute Gasteiger partial charge is 0.266 e. The molecule has 7 heteroatoms. The molecule has 3 aromatic rings. The summed E-state index contributed by atoms with van der Waals surface area (Å²) in [5.74, 6) is -0.824. The van der Waals surface area contributed by atoms with Crippen LogP contribution >= 0.6 is 23.2 Å². The summed E-state index contributed by atoms with van der Waals surface area (Å²) < 4.78 is 19.7. The highest BCUT2D eigenvalue weighted by Crippen LogP contribution is 2.34. The molecule has 1 N–H and O–H groups in total. The Morgan fingerprint density at radius 2 is 1.94 bits per heavy atom. The van der Waals surface area contributed by atoms with E-state index in [0.29, 0.717) is 21.8 Å². The van der Waals surface area contributed by atoms with Gasteiger partial charge in [0.05, 0.1) is 5.02 Å². The van der Waals surface area contributed by atoms with Crippen LogP contribution in [0.1, 0.15) is 16.7 Å². The monoisotopic (exact) mass is 454 g/mol. The average Bonchev–Trinajstić information content (AvgIpc) is 2.72. The van der Waals surface area contributed by atoms with Gasteiger partial charge in [-0.1, -0.05) is 53.5 Å². The number of nitriles is 1. The van der Waals surface area contributed by atoms with E-state index in [1.807, 2.05) is 19.1 Å². The first kappa shape index (κ1) is 22.4. The molecular formula is C24H17Cl2FN2O2. The molecule has 0 saturated carbocycles. The summed E-state index contributed by atoms with van der Waals surface area (Å²) in [4.78, 5) is 12.6. The number of hydrogen-bond donors (Lipinski definition) is 1. The van der Waals surface area contributed by atoms with Gasteiger partial charge < -0.3 is 10.1 Å². The van der Waals surface area contributed by atoms with Crippen LogP contribution in [-0.4, -0.2) is 5.91 Å². The van der Waals surface area contributed by atoms with Crippen LogP contribution < -0.4 is 10.1 Å². The predicted octanol–water partition coefficient (Wildman–Crippen LogP) is 6.57. The highest BCUT2D eigenvalue weighted by molar-refractivity contribution is 6.36. The van der Waals surface area contributed by atoms with Gasteiger partial charge in [-0.25, -0.2) is 4.39 Å². The molecule has 3 rings (SSSR count). The molecule has 0 atom stereocenters. The van der Waals surface area contributed by atoms with Crippen LogP contribution in [0.25, 0.3) is 6.08 Å². The molecule has 0 aliphatic rings. The Hall–Kier alpha value is -3.33. The van der Waals surface area contributed by atoms with Gasteiger partial charge in [0.15, 0.2) is 0 Å². The van der Waals surface area contributed by atoms with Gasteiger partial charge in [-0.3, -0.25) is 4.79 Å². The van der Waals surface area contributed by atoms with Crippen LogP contribution in [0.15, 0.2) is 66.2 Å². The Labute approximate surface area is 189 Å². The van der Waals surface area contributed by atoms with Crippen molar-refractivity contribution >= 4 is 40.9 Å². The summed E-state index contributed by atoms with van der Waals surface area (Å²) in [5, 5.41) is 12.7. The standard InChI is InChI=1S/C24H17Cl2FN2O2/c1-15-5-4-7-20(9-15)29-24(30)18(13-28)10-17-11-19(25)12-21(26)23(17)31-14-16-6-2-3-8-22(16)27/h2-12H,14H2,1H3,(H,29,30)/b18-10+. The highest BCUT2D eigenvalue weighted by atomic mass is 35.5. The number of rotatable bonds is 6. The van der Waals surface area contributed by atoms with E-state index in [4.69, 9.17) is 27.9 Å². The van der Waals surface area contributed by atoms with Crippen LogP contribution in [0.4, 0.5) is 10.1 Å². The lowest BCUT2D eigenvalue weighted by molar-refractivity contribution is -0.112. The van der Waals surface area contributed by atoms with Gasteiger partial charge in [0, 0.05) is 21.8 Å². The van der Waals surface area contributed by atoms with Gasteiger partial charge in [-0.2, -0.15) is 5.26 Å². The zero-order valence-electron chi connectivity index (χ0n) is 16.5. The van der Waals surface area contributed by atoms with Crippen LogP contribution in [-0.2, 0) is 11.4 Å². The summed E-state index contributed by atoms with van der Waals surface area (Å²) in [6, 6.07) is 18.2. The van der Waals surface area contributed by atoms with Crippen LogP contribution in [0.5, 0.6) is 5.75 Å². The second kappa shape index (κ2) is 10.1. The minimum absolute atomic E-state index is 0.0910. The van der Waals surface area contributed by atoms with Gasteiger partial charge in [-0.15, -0.1) is 0 Å². The number of benzene rings is 3. The van der Waals surface area contributed by atoms with E-state index in [2.05, 4.69) is 5.32 Å². The lowest BCUT2D eigenvalue weighted by Gasteiger charge is -2.13. The Balaban J connectivity index is 1.90. The molecule has 0 fully saturated rings. The lowest BCUT2D eigenvalue weighted by Crippen LogP contribution is -2.13. The second-order valence-corrected chi connectivity index (χ2v) is 7.52. The van der Waals surface area contributed by atoms with Crippen molar-refractivity contribution in [3.63, 3.8) is 0 Å². The van der Waals surface area contributed by atoms with Crippen molar-refractivity contribution in [3.05, 3.63) is 98.8 Å². The predicted molar refractivity (Wildman–Crippen MR) is 121 cm³/mol. The molecule has 1 amide bonds. The fraction of sp³-hybridized carbons (Fsp3) is 0.0833. The molecule has 0 aliphatic heterocycles. The molecule has 0 aromatic heterocycles. The number of nitrogens with zero attached hydrogens (tertiary/aromatic N) is 1. The van der Waals surface area contributed by atoms with Crippen LogP contribution in [0.3, 0.4) is 0 Å². The summed E-state index contributed by atoms with van der Waals surface area (Å²) in [6.45, 7) is 1.80. The van der Waals surface area contributed by atoms with E-state index in [1.165, 1.54) is 24.3 Å². The normalized spacial score (nSPS) is 11.0. The number of aryl methyl sites for hydroxylation is 1. The Morgan fingerprint density at radius 3 is 2.65 bits per heavy atom. The Kier molecular flexibility index (Phi) is 7.30.